The van der Waals surface area contributed by atoms with Crippen molar-refractivity contribution in [3.8, 4) is 0 Å². The van der Waals surface area contributed by atoms with Gasteiger partial charge in [0, 0.05) is 0 Å². The van der Waals surface area contributed by atoms with Crippen molar-refractivity contribution in [3.63, 3.8) is 0 Å². The van der Waals surface area contributed by atoms with Crippen molar-refractivity contribution in [1.29, 1.82) is 0 Å². The van der Waals surface area contributed by atoms with E-state index in [2.05, 4.69) is 16.0 Å². The van der Waals surface area contributed by atoms with Crippen LogP contribution in [0.25, 0.3) is 0 Å². The molecule has 0 atom stereocenters. The number of alkyl halides is 3. The van der Waals surface area contributed by atoms with Gasteiger partial charge >= 0.3 is 18.3 Å². The molecule has 0 aliphatic rings. The summed E-state index contributed by atoms with van der Waals surface area (Å²) in [6.07, 6.45) is -3.61. The Bertz CT molecular complexity index is 520. The summed E-state index contributed by atoms with van der Waals surface area (Å²) in [6.45, 7) is 5.86. The van der Waals surface area contributed by atoms with Crippen molar-refractivity contribution < 1.29 is 41.8 Å². The van der Waals surface area contributed by atoms with Crippen LogP contribution in [0.4, 0.5) is 27.6 Å². The Morgan fingerprint density at radius 2 is 0.793 bits per heavy atom. The van der Waals surface area contributed by atoms with Gasteiger partial charge in [-0.05, 0) is 48.5 Å². The molecule has 0 aromatic heterocycles. The average Bonchev–Trinajstić information content (AvgIpc) is 2.52. The van der Waals surface area contributed by atoms with Crippen molar-refractivity contribution in [3.05, 3.63) is 0 Å². The standard InChI is InChI=1S/C17H30F3N3O6/c1-14(2,8-18)27-11(24)21-17(7,22-12(25)28-15(3,4)9-19)23-13(26)29-16(5,6)10-20/h8-10H2,1-7H3,(H,21,24)(H,22,25)(H,23,26). The summed E-state index contributed by atoms with van der Waals surface area (Å²) in [5, 5.41) is 6.34. The number of hydrogen-bond acceptors (Lipinski definition) is 6. The fraction of sp³-hybridized carbons (Fsp3) is 0.824. The Morgan fingerprint density at radius 1 is 0.586 bits per heavy atom. The van der Waals surface area contributed by atoms with Gasteiger partial charge in [-0.25, -0.2) is 27.6 Å². The second-order valence-electron chi connectivity index (χ2n) is 8.35. The minimum Gasteiger partial charge on any atom is -0.441 e. The van der Waals surface area contributed by atoms with E-state index in [1.165, 1.54) is 41.5 Å². The summed E-state index contributed by atoms with van der Waals surface area (Å²) in [6, 6.07) is 0. The van der Waals surface area contributed by atoms with Gasteiger partial charge in [0.25, 0.3) is 0 Å². The van der Waals surface area contributed by atoms with Gasteiger partial charge < -0.3 is 14.2 Å². The number of carbonyl (C=O) groups is 3. The summed E-state index contributed by atoms with van der Waals surface area (Å²) < 4.78 is 53.2. The first kappa shape index (κ1) is 26.6. The summed E-state index contributed by atoms with van der Waals surface area (Å²) in [5.74, 6) is -2.07. The molecule has 0 unspecified atom stereocenters. The highest BCUT2D eigenvalue weighted by Gasteiger charge is 2.37. The highest BCUT2D eigenvalue weighted by Crippen LogP contribution is 2.14. The van der Waals surface area contributed by atoms with Gasteiger partial charge in [-0.15, -0.1) is 0 Å². The lowest BCUT2D eigenvalue weighted by molar-refractivity contribution is -0.00349. The molecule has 170 valence electrons. The van der Waals surface area contributed by atoms with Gasteiger partial charge in [-0.1, -0.05) is 0 Å². The third-order valence-corrected chi connectivity index (χ3v) is 3.13. The number of ether oxygens (including phenoxy) is 3. The summed E-state index contributed by atoms with van der Waals surface area (Å²) in [7, 11) is 0. The van der Waals surface area contributed by atoms with E-state index in [9.17, 15) is 27.6 Å². The molecule has 0 spiro atoms. The van der Waals surface area contributed by atoms with Crippen molar-refractivity contribution in [2.24, 2.45) is 0 Å². The number of rotatable bonds is 9. The predicted octanol–water partition coefficient (Wildman–Crippen LogP) is 3.08. The highest BCUT2D eigenvalue weighted by atomic mass is 19.1. The molecule has 0 aromatic rings. The molecule has 0 fully saturated rings. The number of carbonyl (C=O) groups excluding carboxylic acids is 3. The Hall–Kier alpha value is -2.40. The minimum absolute atomic E-state index is 1.00. The van der Waals surface area contributed by atoms with Gasteiger partial charge in [0.05, 0.1) is 0 Å². The van der Waals surface area contributed by atoms with Gasteiger partial charge in [0.15, 0.2) is 5.79 Å². The molecule has 0 aliphatic carbocycles. The molecule has 12 heteroatoms. The second-order valence-corrected chi connectivity index (χ2v) is 8.35. The zero-order valence-electron chi connectivity index (χ0n) is 17.7. The average molecular weight is 429 g/mol. The molecule has 3 amide bonds. The van der Waals surface area contributed by atoms with E-state index in [4.69, 9.17) is 14.2 Å². The fourth-order valence-electron chi connectivity index (χ4n) is 1.62. The van der Waals surface area contributed by atoms with Crippen LogP contribution in [0, 0.1) is 0 Å². The third-order valence-electron chi connectivity index (χ3n) is 3.13. The van der Waals surface area contributed by atoms with Crippen LogP contribution in [0.1, 0.15) is 48.5 Å². The van der Waals surface area contributed by atoms with Crippen LogP contribution in [0.15, 0.2) is 0 Å². The SMILES string of the molecule is CC(NC(=O)OC(C)(C)CF)(NC(=O)OC(C)(C)CF)NC(=O)OC(C)(C)CF. The maximum atomic E-state index is 12.9. The van der Waals surface area contributed by atoms with Gasteiger partial charge in [-0.3, -0.25) is 16.0 Å². The van der Waals surface area contributed by atoms with Crippen LogP contribution >= 0.6 is 0 Å². The van der Waals surface area contributed by atoms with Gasteiger partial charge in [-0.2, -0.15) is 0 Å². The largest absolute Gasteiger partial charge is 0.441 e. The molecule has 0 rings (SSSR count). The lowest BCUT2D eigenvalue weighted by atomic mass is 10.2. The van der Waals surface area contributed by atoms with E-state index in [1.54, 1.807) is 0 Å². The Morgan fingerprint density at radius 3 is 0.966 bits per heavy atom. The fourth-order valence-corrected chi connectivity index (χ4v) is 1.62. The molecule has 29 heavy (non-hydrogen) atoms. The van der Waals surface area contributed by atoms with Crippen LogP contribution in [0.5, 0.6) is 0 Å². The van der Waals surface area contributed by atoms with Crippen molar-refractivity contribution in [2.75, 3.05) is 20.0 Å². The van der Waals surface area contributed by atoms with Gasteiger partial charge in [0.2, 0.25) is 0 Å². The number of nitrogens with one attached hydrogen (secondary N) is 3. The minimum atomic E-state index is -2.07. The number of hydrogen-bond donors (Lipinski definition) is 3. The second kappa shape index (κ2) is 9.88. The zero-order chi connectivity index (χ0) is 23.1. The molecular formula is C17H30F3N3O6. The molecule has 9 nitrogen and oxygen atoms in total. The normalized spacial score (nSPS) is 12.6. The maximum Gasteiger partial charge on any atom is 0.411 e. The van der Waals surface area contributed by atoms with Crippen molar-refractivity contribution in [2.45, 2.75) is 71.1 Å². The van der Waals surface area contributed by atoms with E-state index in [0.29, 0.717) is 0 Å². The molecule has 0 saturated carbocycles. The van der Waals surface area contributed by atoms with Crippen LogP contribution in [-0.4, -0.2) is 60.9 Å². The monoisotopic (exact) mass is 429 g/mol. The van der Waals surface area contributed by atoms with Crippen LogP contribution in [-0.2, 0) is 14.2 Å². The Kier molecular flexibility index (Phi) is 9.06. The predicted molar refractivity (Wildman–Crippen MR) is 97.4 cm³/mol. The molecule has 0 saturated heterocycles. The topological polar surface area (TPSA) is 115 Å². The van der Waals surface area contributed by atoms with E-state index < -0.39 is 60.9 Å². The lowest BCUT2D eigenvalue weighted by Gasteiger charge is -2.35. The van der Waals surface area contributed by atoms with Gasteiger partial charge in [0.1, 0.15) is 36.8 Å². The first-order chi connectivity index (χ1) is 13.0. The summed E-state index contributed by atoms with van der Waals surface area (Å²) in [4.78, 5) is 36.2. The zero-order valence-corrected chi connectivity index (χ0v) is 17.7. The number of alkyl carbamates (subject to hydrolysis) is 3. The molecule has 0 aliphatic heterocycles. The highest BCUT2D eigenvalue weighted by molar-refractivity contribution is 5.75. The van der Waals surface area contributed by atoms with Crippen LogP contribution in [0.2, 0.25) is 0 Å². The first-order valence-electron chi connectivity index (χ1n) is 8.70. The van der Waals surface area contributed by atoms with Crippen LogP contribution in [0.3, 0.4) is 0 Å². The molecule has 0 bridgehead atoms. The smallest absolute Gasteiger partial charge is 0.411 e. The molecule has 0 radical (unpaired) electrons. The molecular weight excluding hydrogens is 399 g/mol. The van der Waals surface area contributed by atoms with E-state index in [-0.39, 0.29) is 0 Å². The van der Waals surface area contributed by atoms with Crippen molar-refractivity contribution >= 4 is 18.3 Å². The first-order valence-corrected chi connectivity index (χ1v) is 8.70. The molecule has 3 N–H and O–H groups in total. The van der Waals surface area contributed by atoms with E-state index >= 15 is 0 Å². The maximum absolute atomic E-state index is 12.9. The Labute approximate surface area is 168 Å². The van der Waals surface area contributed by atoms with E-state index in [0.717, 1.165) is 6.92 Å². The van der Waals surface area contributed by atoms with Crippen molar-refractivity contribution in [1.82, 2.24) is 16.0 Å². The number of amides is 3. The van der Waals surface area contributed by atoms with Crippen LogP contribution < -0.4 is 16.0 Å². The quantitative estimate of drug-likeness (QED) is 0.383. The summed E-state index contributed by atoms with van der Waals surface area (Å²) in [5.41, 5.74) is -4.46. The lowest BCUT2D eigenvalue weighted by Crippen LogP contribution is -2.69. The molecule has 0 aromatic carbocycles. The number of halogens is 3. The summed E-state index contributed by atoms with van der Waals surface area (Å²) >= 11 is 0. The Balaban J connectivity index is 5.42. The van der Waals surface area contributed by atoms with E-state index in [1.807, 2.05) is 0 Å². The third kappa shape index (κ3) is 10.6. The molecule has 0 heterocycles.